The van der Waals surface area contributed by atoms with Crippen molar-refractivity contribution in [2.75, 3.05) is 11.9 Å². The predicted octanol–water partition coefficient (Wildman–Crippen LogP) is 3.79. The number of aliphatic hydroxyl groups is 1. The number of rotatable bonds is 3. The van der Waals surface area contributed by atoms with Crippen molar-refractivity contribution in [1.29, 1.82) is 0 Å². The molecule has 2 aromatic carbocycles. The molecule has 0 radical (unpaired) electrons. The number of halogens is 2. The zero-order valence-corrected chi connectivity index (χ0v) is 10.8. The Labute approximate surface area is 110 Å². The molecule has 2 rings (SSSR count). The van der Waals surface area contributed by atoms with Gasteiger partial charge in [-0.05, 0) is 43.3 Å². The lowest BCUT2D eigenvalue weighted by Gasteiger charge is -2.24. The van der Waals surface area contributed by atoms with Gasteiger partial charge in [0.1, 0.15) is 11.6 Å². The first-order valence-corrected chi connectivity index (χ1v) is 5.96. The van der Waals surface area contributed by atoms with Crippen molar-refractivity contribution in [2.24, 2.45) is 0 Å². The van der Waals surface area contributed by atoms with Crippen LogP contribution in [0.1, 0.15) is 18.6 Å². The van der Waals surface area contributed by atoms with Crippen molar-refractivity contribution in [2.45, 2.75) is 13.0 Å². The summed E-state index contributed by atoms with van der Waals surface area (Å²) in [4.78, 5) is 1.71. The first-order chi connectivity index (χ1) is 8.99. The normalized spacial score (nSPS) is 12.3. The molecule has 0 amide bonds. The van der Waals surface area contributed by atoms with Crippen molar-refractivity contribution in [3.63, 3.8) is 0 Å². The maximum absolute atomic E-state index is 13.2. The number of nitrogens with zero attached hydrogens (tertiary/aromatic N) is 1. The second-order valence-electron chi connectivity index (χ2n) is 4.42. The summed E-state index contributed by atoms with van der Waals surface area (Å²) in [5.41, 5.74) is 1.74. The average molecular weight is 263 g/mol. The smallest absolute Gasteiger partial charge is 0.125 e. The Kier molecular flexibility index (Phi) is 3.81. The van der Waals surface area contributed by atoms with Crippen LogP contribution in [-0.2, 0) is 0 Å². The van der Waals surface area contributed by atoms with E-state index in [1.54, 1.807) is 37.1 Å². The van der Waals surface area contributed by atoms with Crippen LogP contribution in [0.2, 0.25) is 0 Å². The fraction of sp³-hybridized carbons (Fsp3) is 0.200. The molecular formula is C15H15F2NO. The third-order valence-corrected chi connectivity index (χ3v) is 3.00. The van der Waals surface area contributed by atoms with Crippen LogP contribution in [0.3, 0.4) is 0 Å². The summed E-state index contributed by atoms with van der Waals surface area (Å²) in [5, 5.41) is 9.71. The monoisotopic (exact) mass is 263 g/mol. The summed E-state index contributed by atoms with van der Waals surface area (Å²) in [6, 6.07) is 10.3. The quantitative estimate of drug-likeness (QED) is 0.910. The van der Waals surface area contributed by atoms with Crippen molar-refractivity contribution >= 4 is 11.4 Å². The molecule has 0 fully saturated rings. The fourth-order valence-corrected chi connectivity index (χ4v) is 1.99. The molecule has 0 aromatic heterocycles. The van der Waals surface area contributed by atoms with Gasteiger partial charge in [-0.25, -0.2) is 8.78 Å². The highest BCUT2D eigenvalue weighted by molar-refractivity contribution is 5.66. The molecule has 4 heteroatoms. The van der Waals surface area contributed by atoms with E-state index in [4.69, 9.17) is 0 Å². The highest BCUT2D eigenvalue weighted by atomic mass is 19.1. The molecule has 0 heterocycles. The molecule has 2 aromatic rings. The minimum atomic E-state index is -0.804. The van der Waals surface area contributed by atoms with Crippen molar-refractivity contribution < 1.29 is 13.9 Å². The van der Waals surface area contributed by atoms with Gasteiger partial charge < -0.3 is 10.0 Å². The van der Waals surface area contributed by atoms with Crippen LogP contribution in [0.15, 0.2) is 42.5 Å². The van der Waals surface area contributed by atoms with Gasteiger partial charge in [0.05, 0.1) is 6.10 Å². The third kappa shape index (κ3) is 2.90. The molecule has 1 atom stereocenters. The van der Waals surface area contributed by atoms with E-state index >= 15 is 0 Å². The zero-order valence-electron chi connectivity index (χ0n) is 10.8. The van der Waals surface area contributed by atoms with Crippen LogP contribution in [-0.4, -0.2) is 12.2 Å². The maximum Gasteiger partial charge on any atom is 0.125 e. The number of benzene rings is 2. The van der Waals surface area contributed by atoms with E-state index in [2.05, 4.69) is 0 Å². The van der Waals surface area contributed by atoms with Crippen LogP contribution >= 0.6 is 0 Å². The zero-order chi connectivity index (χ0) is 14.0. The van der Waals surface area contributed by atoms with Gasteiger partial charge in [-0.3, -0.25) is 0 Å². The minimum Gasteiger partial charge on any atom is -0.389 e. The summed E-state index contributed by atoms with van der Waals surface area (Å²) >= 11 is 0. The summed E-state index contributed by atoms with van der Waals surface area (Å²) in [5.74, 6) is -0.752. The molecule has 1 N–H and O–H groups in total. The second kappa shape index (κ2) is 5.36. The van der Waals surface area contributed by atoms with Gasteiger partial charge in [-0.15, -0.1) is 0 Å². The standard InChI is InChI=1S/C15H15F2NO/c1-10(19)14-9-12(17)6-7-15(14)18(2)13-5-3-4-11(16)8-13/h3-10,19H,1-2H3/t10-/m0/s1. The number of aliphatic hydroxyl groups excluding tert-OH is 1. The topological polar surface area (TPSA) is 23.5 Å². The Balaban J connectivity index is 2.46. The Hall–Kier alpha value is -1.94. The lowest BCUT2D eigenvalue weighted by Crippen LogP contribution is -2.13. The largest absolute Gasteiger partial charge is 0.389 e. The van der Waals surface area contributed by atoms with E-state index in [0.717, 1.165) is 0 Å². The Morgan fingerprint density at radius 2 is 1.74 bits per heavy atom. The van der Waals surface area contributed by atoms with Crippen molar-refractivity contribution in [1.82, 2.24) is 0 Å². The second-order valence-corrected chi connectivity index (χ2v) is 4.42. The summed E-state index contributed by atoms with van der Waals surface area (Å²) in [7, 11) is 1.74. The van der Waals surface area contributed by atoms with Gasteiger partial charge in [0, 0.05) is 24.0 Å². The summed E-state index contributed by atoms with van der Waals surface area (Å²) in [6.07, 6.45) is -0.804. The van der Waals surface area contributed by atoms with E-state index in [0.29, 0.717) is 16.9 Å². The SMILES string of the molecule is C[C@H](O)c1cc(F)ccc1N(C)c1cccc(F)c1. The number of hydrogen-bond donors (Lipinski definition) is 1. The van der Waals surface area contributed by atoms with Crippen LogP contribution in [0.25, 0.3) is 0 Å². The first kappa shape index (κ1) is 13.5. The Bertz CT molecular complexity index is 584. The first-order valence-electron chi connectivity index (χ1n) is 5.96. The van der Waals surface area contributed by atoms with Crippen LogP contribution in [0.4, 0.5) is 20.2 Å². The van der Waals surface area contributed by atoms with E-state index in [9.17, 15) is 13.9 Å². The number of hydrogen-bond acceptors (Lipinski definition) is 2. The van der Waals surface area contributed by atoms with Gasteiger partial charge >= 0.3 is 0 Å². The minimum absolute atomic E-state index is 0.343. The van der Waals surface area contributed by atoms with E-state index in [1.807, 2.05) is 0 Å². The number of anilines is 2. The molecular weight excluding hydrogens is 248 g/mol. The fourth-order valence-electron chi connectivity index (χ4n) is 1.99. The molecule has 19 heavy (non-hydrogen) atoms. The molecule has 0 saturated carbocycles. The highest BCUT2D eigenvalue weighted by Gasteiger charge is 2.14. The molecule has 0 unspecified atom stereocenters. The molecule has 100 valence electrons. The Morgan fingerprint density at radius 3 is 2.37 bits per heavy atom. The van der Waals surface area contributed by atoms with Crippen molar-refractivity contribution in [3.05, 3.63) is 59.7 Å². The van der Waals surface area contributed by atoms with Crippen molar-refractivity contribution in [3.8, 4) is 0 Å². The van der Waals surface area contributed by atoms with Crippen LogP contribution < -0.4 is 4.90 Å². The summed E-state index contributed by atoms with van der Waals surface area (Å²) < 4.78 is 26.5. The molecule has 0 saturated heterocycles. The predicted molar refractivity (Wildman–Crippen MR) is 71.5 cm³/mol. The molecule has 0 spiro atoms. The molecule has 0 aliphatic rings. The molecule has 0 bridgehead atoms. The lowest BCUT2D eigenvalue weighted by molar-refractivity contribution is 0.199. The van der Waals surface area contributed by atoms with Gasteiger partial charge in [-0.2, -0.15) is 0 Å². The van der Waals surface area contributed by atoms with Gasteiger partial charge in [-0.1, -0.05) is 6.07 Å². The van der Waals surface area contributed by atoms with E-state index < -0.39 is 11.9 Å². The van der Waals surface area contributed by atoms with Gasteiger partial charge in [0.15, 0.2) is 0 Å². The summed E-state index contributed by atoms with van der Waals surface area (Å²) in [6.45, 7) is 1.57. The Morgan fingerprint density at radius 1 is 1.05 bits per heavy atom. The average Bonchev–Trinajstić information content (AvgIpc) is 2.37. The highest BCUT2D eigenvalue weighted by Crippen LogP contribution is 2.31. The van der Waals surface area contributed by atoms with Gasteiger partial charge in [0.2, 0.25) is 0 Å². The van der Waals surface area contributed by atoms with Crippen LogP contribution in [0.5, 0.6) is 0 Å². The van der Waals surface area contributed by atoms with E-state index in [-0.39, 0.29) is 5.82 Å². The molecule has 0 aliphatic carbocycles. The molecule has 2 nitrogen and oxygen atoms in total. The van der Waals surface area contributed by atoms with Crippen LogP contribution in [0, 0.1) is 11.6 Å². The molecule has 0 aliphatic heterocycles. The lowest BCUT2D eigenvalue weighted by atomic mass is 10.1. The van der Waals surface area contributed by atoms with Gasteiger partial charge in [0.25, 0.3) is 0 Å². The maximum atomic E-state index is 13.2. The van der Waals surface area contributed by atoms with E-state index in [1.165, 1.54) is 24.3 Å². The third-order valence-electron chi connectivity index (χ3n) is 3.00.